The summed E-state index contributed by atoms with van der Waals surface area (Å²) in [5.74, 6) is 0.00309. The van der Waals surface area contributed by atoms with Gasteiger partial charge in [-0.2, -0.15) is 0 Å². The van der Waals surface area contributed by atoms with Crippen LogP contribution in [0.5, 0.6) is 0 Å². The molecule has 132 valence electrons. The number of nitrogens with zero attached hydrogens (tertiary/aromatic N) is 1. The largest absolute Gasteiger partial charge is 0.384 e. The van der Waals surface area contributed by atoms with E-state index in [0.717, 1.165) is 32.5 Å². The number of hydrogen-bond acceptors (Lipinski definition) is 3. The number of rotatable bonds is 3. The second-order valence-corrected chi connectivity index (χ2v) is 7.10. The van der Waals surface area contributed by atoms with Crippen LogP contribution in [0, 0.1) is 24.1 Å². The molecule has 3 rings (SSSR count). The minimum absolute atomic E-state index is 0.0703. The number of amides is 1. The summed E-state index contributed by atoms with van der Waals surface area (Å²) in [6.07, 6.45) is 2.96. The average molecular weight is 335 g/mol. The lowest BCUT2D eigenvalue weighted by molar-refractivity contribution is -0.0912. The van der Waals surface area contributed by atoms with E-state index in [0.29, 0.717) is 36.7 Å². The van der Waals surface area contributed by atoms with Gasteiger partial charge in [0.15, 0.2) is 0 Å². The van der Waals surface area contributed by atoms with Gasteiger partial charge < -0.3 is 14.4 Å². The fourth-order valence-electron chi connectivity index (χ4n) is 4.03. The average Bonchev–Trinajstić information content (AvgIpc) is 2.60. The summed E-state index contributed by atoms with van der Waals surface area (Å²) in [5.41, 5.74) is 1.21. The molecule has 2 saturated heterocycles. The van der Waals surface area contributed by atoms with Gasteiger partial charge in [-0.3, -0.25) is 4.79 Å². The summed E-state index contributed by atoms with van der Waals surface area (Å²) >= 11 is 0. The van der Waals surface area contributed by atoms with E-state index in [-0.39, 0.29) is 17.1 Å². The molecule has 1 amide bonds. The van der Waals surface area contributed by atoms with Crippen molar-refractivity contribution in [2.24, 2.45) is 11.3 Å². The highest BCUT2D eigenvalue weighted by Crippen LogP contribution is 2.44. The summed E-state index contributed by atoms with van der Waals surface area (Å²) in [5, 5.41) is 0. The third-order valence-electron chi connectivity index (χ3n) is 5.76. The first-order valence-electron chi connectivity index (χ1n) is 8.68. The van der Waals surface area contributed by atoms with E-state index >= 15 is 0 Å². The molecule has 1 aromatic rings. The van der Waals surface area contributed by atoms with E-state index in [9.17, 15) is 9.18 Å². The summed E-state index contributed by atoms with van der Waals surface area (Å²) in [6, 6.07) is 4.73. The molecule has 0 saturated carbocycles. The Bertz CT molecular complexity index is 594. The maximum Gasteiger partial charge on any atom is 0.253 e. The molecule has 1 spiro atoms. The van der Waals surface area contributed by atoms with Crippen molar-refractivity contribution in [2.75, 3.05) is 40.0 Å². The lowest BCUT2D eigenvalue weighted by Crippen LogP contribution is -2.50. The van der Waals surface area contributed by atoms with Gasteiger partial charge >= 0.3 is 0 Å². The molecule has 2 fully saturated rings. The van der Waals surface area contributed by atoms with Gasteiger partial charge in [0.25, 0.3) is 5.91 Å². The van der Waals surface area contributed by atoms with Crippen LogP contribution in [0.25, 0.3) is 0 Å². The Morgan fingerprint density at radius 2 is 2.12 bits per heavy atom. The number of piperidine rings is 1. The molecule has 0 radical (unpaired) electrons. The third kappa shape index (κ3) is 3.33. The van der Waals surface area contributed by atoms with Crippen molar-refractivity contribution in [1.29, 1.82) is 0 Å². The van der Waals surface area contributed by atoms with Gasteiger partial charge in [-0.05, 0) is 49.3 Å². The number of halogens is 1. The molecule has 0 aromatic heterocycles. The molecule has 0 aliphatic carbocycles. The lowest BCUT2D eigenvalue weighted by atomic mass is 9.66. The first-order valence-corrected chi connectivity index (χ1v) is 8.68. The highest BCUT2D eigenvalue weighted by molar-refractivity contribution is 5.94. The fourth-order valence-corrected chi connectivity index (χ4v) is 4.03. The highest BCUT2D eigenvalue weighted by Gasteiger charge is 2.44. The summed E-state index contributed by atoms with van der Waals surface area (Å²) in [6.45, 7) is 5.37. The van der Waals surface area contributed by atoms with Crippen LogP contribution in [0.2, 0.25) is 0 Å². The zero-order valence-corrected chi connectivity index (χ0v) is 14.5. The Kier molecular flexibility index (Phi) is 5.21. The molecular weight excluding hydrogens is 309 g/mol. The van der Waals surface area contributed by atoms with Crippen LogP contribution in [-0.4, -0.2) is 50.8 Å². The van der Waals surface area contributed by atoms with Crippen LogP contribution in [0.3, 0.4) is 0 Å². The SMILES string of the molecule is COC[C@H]1COCCC12CCN(C(=O)c1ccc(C)c(F)c1)CC2. The molecule has 24 heavy (non-hydrogen) atoms. The summed E-state index contributed by atoms with van der Waals surface area (Å²) in [7, 11) is 1.73. The number of aryl methyl sites for hydroxylation is 1. The molecule has 2 heterocycles. The molecule has 5 heteroatoms. The fraction of sp³-hybridized carbons (Fsp3) is 0.632. The van der Waals surface area contributed by atoms with E-state index in [1.54, 1.807) is 26.2 Å². The number of likely N-dealkylation sites (tertiary alicyclic amines) is 1. The van der Waals surface area contributed by atoms with Crippen molar-refractivity contribution < 1.29 is 18.7 Å². The number of methoxy groups -OCH3 is 1. The maximum absolute atomic E-state index is 13.7. The van der Waals surface area contributed by atoms with Crippen molar-refractivity contribution in [3.05, 3.63) is 35.1 Å². The van der Waals surface area contributed by atoms with E-state index in [4.69, 9.17) is 9.47 Å². The Morgan fingerprint density at radius 3 is 2.79 bits per heavy atom. The zero-order valence-electron chi connectivity index (χ0n) is 14.5. The Hall–Kier alpha value is -1.46. The molecule has 1 atom stereocenters. The van der Waals surface area contributed by atoms with E-state index in [1.807, 2.05) is 4.90 Å². The van der Waals surface area contributed by atoms with Gasteiger partial charge in [0.1, 0.15) is 5.82 Å². The molecule has 0 unspecified atom stereocenters. The normalized spacial score (nSPS) is 23.5. The van der Waals surface area contributed by atoms with Crippen LogP contribution in [-0.2, 0) is 9.47 Å². The van der Waals surface area contributed by atoms with Gasteiger partial charge in [-0.1, -0.05) is 6.07 Å². The Labute approximate surface area is 142 Å². The summed E-state index contributed by atoms with van der Waals surface area (Å²) in [4.78, 5) is 14.5. The van der Waals surface area contributed by atoms with Crippen molar-refractivity contribution in [3.8, 4) is 0 Å². The monoisotopic (exact) mass is 335 g/mol. The van der Waals surface area contributed by atoms with Gasteiger partial charge in [-0.25, -0.2) is 4.39 Å². The third-order valence-corrected chi connectivity index (χ3v) is 5.76. The topological polar surface area (TPSA) is 38.8 Å². The summed E-state index contributed by atoms with van der Waals surface area (Å²) < 4.78 is 24.7. The first kappa shape index (κ1) is 17.4. The Balaban J connectivity index is 1.67. The second kappa shape index (κ2) is 7.19. The van der Waals surface area contributed by atoms with Crippen molar-refractivity contribution in [1.82, 2.24) is 4.90 Å². The van der Waals surface area contributed by atoms with Crippen molar-refractivity contribution in [3.63, 3.8) is 0 Å². The van der Waals surface area contributed by atoms with E-state index in [2.05, 4.69) is 0 Å². The lowest BCUT2D eigenvalue weighted by Gasteiger charge is -2.48. The van der Waals surface area contributed by atoms with Gasteiger partial charge in [0.2, 0.25) is 0 Å². The molecular formula is C19H26FNO3. The standard InChI is InChI=1S/C19H26FNO3/c1-14-3-4-15(11-17(14)20)18(22)21-8-5-19(6-9-21)7-10-24-13-16(19)12-23-2/h3-4,11,16H,5-10,12-13H2,1-2H3/t16-/m0/s1. The van der Waals surface area contributed by atoms with E-state index < -0.39 is 0 Å². The second-order valence-electron chi connectivity index (χ2n) is 7.10. The molecule has 2 aliphatic rings. The number of carbonyl (C=O) groups excluding carboxylic acids is 1. The van der Waals surface area contributed by atoms with E-state index in [1.165, 1.54) is 6.07 Å². The van der Waals surface area contributed by atoms with Crippen LogP contribution in [0.4, 0.5) is 4.39 Å². The van der Waals surface area contributed by atoms with Crippen LogP contribution in [0.1, 0.15) is 35.2 Å². The highest BCUT2D eigenvalue weighted by atomic mass is 19.1. The van der Waals surface area contributed by atoms with Crippen molar-refractivity contribution >= 4 is 5.91 Å². The van der Waals surface area contributed by atoms with Crippen LogP contribution < -0.4 is 0 Å². The molecule has 1 aromatic carbocycles. The minimum Gasteiger partial charge on any atom is -0.384 e. The predicted molar refractivity (Wildman–Crippen MR) is 89.5 cm³/mol. The molecule has 0 N–H and O–H groups in total. The van der Waals surface area contributed by atoms with Gasteiger partial charge in [0, 0.05) is 38.3 Å². The number of benzene rings is 1. The van der Waals surface area contributed by atoms with Gasteiger partial charge in [-0.15, -0.1) is 0 Å². The quantitative estimate of drug-likeness (QED) is 0.852. The van der Waals surface area contributed by atoms with Crippen molar-refractivity contribution in [2.45, 2.75) is 26.2 Å². The number of hydrogen-bond donors (Lipinski definition) is 0. The first-order chi connectivity index (χ1) is 11.6. The van der Waals surface area contributed by atoms with Crippen LogP contribution in [0.15, 0.2) is 18.2 Å². The number of ether oxygens (including phenoxy) is 2. The molecule has 4 nitrogen and oxygen atoms in total. The van der Waals surface area contributed by atoms with Crippen LogP contribution >= 0.6 is 0 Å². The molecule has 2 aliphatic heterocycles. The number of carbonyl (C=O) groups is 1. The zero-order chi connectivity index (χ0) is 17.2. The minimum atomic E-state index is -0.320. The smallest absolute Gasteiger partial charge is 0.253 e. The van der Waals surface area contributed by atoms with Gasteiger partial charge in [0.05, 0.1) is 13.2 Å². The predicted octanol–water partition coefficient (Wildman–Crippen LogP) is 3.04. The maximum atomic E-state index is 13.7. The Morgan fingerprint density at radius 1 is 1.38 bits per heavy atom. The molecule has 0 bridgehead atoms.